The molecule has 0 saturated heterocycles. The molecule has 2 N–H and O–H groups in total. The van der Waals surface area contributed by atoms with Gasteiger partial charge in [0, 0.05) is 30.0 Å². The lowest BCUT2D eigenvalue weighted by Crippen LogP contribution is -2.36. The second kappa shape index (κ2) is 10.4. The van der Waals surface area contributed by atoms with Gasteiger partial charge in [0.2, 0.25) is 0 Å². The van der Waals surface area contributed by atoms with Crippen LogP contribution in [0.4, 0.5) is 11.4 Å². The standard InChI is InChI=1S/C22H30N4O2/c1-5-11-22(6-2,7-3)26-19-10-9-18(21(27)28-8-4)12-20(19)25-15-17-13-23-16-24-14-17/h5,9-10,12-14,16,25-26H,1,6-8,11,15H2,2-4H3. The molecular weight excluding hydrogens is 352 g/mol. The smallest absolute Gasteiger partial charge is 0.338 e. The molecule has 0 radical (unpaired) electrons. The average Bonchev–Trinajstić information content (AvgIpc) is 2.73. The fraction of sp³-hybridized carbons (Fsp3) is 0.409. The van der Waals surface area contributed by atoms with Crippen molar-refractivity contribution in [2.75, 3.05) is 17.2 Å². The first-order valence-corrected chi connectivity index (χ1v) is 9.75. The van der Waals surface area contributed by atoms with Gasteiger partial charge in [-0.2, -0.15) is 0 Å². The minimum Gasteiger partial charge on any atom is -0.462 e. The Labute approximate surface area is 167 Å². The first kappa shape index (κ1) is 21.4. The van der Waals surface area contributed by atoms with Crippen LogP contribution in [-0.2, 0) is 11.3 Å². The maximum Gasteiger partial charge on any atom is 0.338 e. The van der Waals surface area contributed by atoms with Crippen LogP contribution in [0, 0.1) is 0 Å². The number of carbonyl (C=O) groups excluding carboxylic acids is 1. The van der Waals surface area contributed by atoms with Crippen LogP contribution in [0.15, 0.2) is 49.6 Å². The summed E-state index contributed by atoms with van der Waals surface area (Å²) in [6, 6.07) is 5.55. The molecule has 0 aliphatic rings. The lowest BCUT2D eigenvalue weighted by molar-refractivity contribution is 0.0526. The van der Waals surface area contributed by atoms with E-state index in [0.29, 0.717) is 18.7 Å². The molecule has 1 heterocycles. The fourth-order valence-corrected chi connectivity index (χ4v) is 3.09. The summed E-state index contributed by atoms with van der Waals surface area (Å²) < 4.78 is 5.15. The van der Waals surface area contributed by atoms with E-state index in [9.17, 15) is 4.79 Å². The first-order chi connectivity index (χ1) is 13.6. The molecule has 6 nitrogen and oxygen atoms in total. The monoisotopic (exact) mass is 382 g/mol. The third kappa shape index (κ3) is 5.55. The fourth-order valence-electron chi connectivity index (χ4n) is 3.09. The van der Waals surface area contributed by atoms with E-state index >= 15 is 0 Å². The molecule has 0 spiro atoms. The number of hydrogen-bond acceptors (Lipinski definition) is 6. The van der Waals surface area contributed by atoms with Crippen LogP contribution in [0.2, 0.25) is 0 Å². The lowest BCUT2D eigenvalue weighted by Gasteiger charge is -2.34. The van der Waals surface area contributed by atoms with Crippen molar-refractivity contribution < 1.29 is 9.53 Å². The maximum atomic E-state index is 12.2. The zero-order valence-electron chi connectivity index (χ0n) is 17.0. The van der Waals surface area contributed by atoms with Crippen LogP contribution in [0.25, 0.3) is 0 Å². The van der Waals surface area contributed by atoms with E-state index in [1.807, 2.05) is 18.2 Å². The highest BCUT2D eigenvalue weighted by Gasteiger charge is 2.25. The van der Waals surface area contributed by atoms with Gasteiger partial charge < -0.3 is 15.4 Å². The molecule has 150 valence electrons. The van der Waals surface area contributed by atoms with Crippen molar-refractivity contribution in [2.45, 2.75) is 52.1 Å². The van der Waals surface area contributed by atoms with Gasteiger partial charge in [-0.1, -0.05) is 19.9 Å². The summed E-state index contributed by atoms with van der Waals surface area (Å²) >= 11 is 0. The molecule has 28 heavy (non-hydrogen) atoms. The third-order valence-electron chi connectivity index (χ3n) is 4.92. The normalized spacial score (nSPS) is 11.0. The van der Waals surface area contributed by atoms with Crippen LogP contribution in [0.1, 0.15) is 56.0 Å². The van der Waals surface area contributed by atoms with E-state index < -0.39 is 0 Å². The van der Waals surface area contributed by atoms with Crippen LogP contribution in [0.3, 0.4) is 0 Å². The van der Waals surface area contributed by atoms with E-state index in [1.165, 1.54) is 6.33 Å². The maximum absolute atomic E-state index is 12.2. The molecule has 1 aromatic carbocycles. The minimum absolute atomic E-state index is 0.0838. The highest BCUT2D eigenvalue weighted by Crippen LogP contribution is 2.32. The topological polar surface area (TPSA) is 76.1 Å². The molecule has 0 fully saturated rings. The van der Waals surface area contributed by atoms with Crippen molar-refractivity contribution in [1.29, 1.82) is 0 Å². The van der Waals surface area contributed by atoms with Gasteiger partial charge in [-0.3, -0.25) is 0 Å². The number of aromatic nitrogens is 2. The van der Waals surface area contributed by atoms with Gasteiger partial charge in [0.1, 0.15) is 6.33 Å². The Balaban J connectivity index is 2.33. The molecule has 0 unspecified atom stereocenters. The van der Waals surface area contributed by atoms with Gasteiger partial charge in [-0.15, -0.1) is 6.58 Å². The van der Waals surface area contributed by atoms with Crippen molar-refractivity contribution >= 4 is 17.3 Å². The predicted octanol–water partition coefficient (Wildman–Crippen LogP) is 4.81. The van der Waals surface area contributed by atoms with Crippen molar-refractivity contribution in [3.63, 3.8) is 0 Å². The summed E-state index contributed by atoms with van der Waals surface area (Å²) in [6.07, 6.45) is 9.75. The molecule has 0 aliphatic heterocycles. The third-order valence-corrected chi connectivity index (χ3v) is 4.92. The Morgan fingerprint density at radius 1 is 1.18 bits per heavy atom. The Morgan fingerprint density at radius 2 is 1.89 bits per heavy atom. The van der Waals surface area contributed by atoms with Gasteiger partial charge in [0.05, 0.1) is 23.5 Å². The summed E-state index contributed by atoms with van der Waals surface area (Å²) in [6.45, 7) is 10.9. The number of ether oxygens (including phenoxy) is 1. The first-order valence-electron chi connectivity index (χ1n) is 9.75. The van der Waals surface area contributed by atoms with Crippen molar-refractivity contribution in [3.8, 4) is 0 Å². The predicted molar refractivity (Wildman–Crippen MR) is 114 cm³/mol. The van der Waals surface area contributed by atoms with Gasteiger partial charge in [-0.25, -0.2) is 14.8 Å². The van der Waals surface area contributed by atoms with Crippen LogP contribution >= 0.6 is 0 Å². The summed E-state index contributed by atoms with van der Waals surface area (Å²) in [7, 11) is 0. The van der Waals surface area contributed by atoms with Gasteiger partial charge in [0.15, 0.2) is 0 Å². The minimum atomic E-state index is -0.330. The summed E-state index contributed by atoms with van der Waals surface area (Å²) in [4.78, 5) is 20.3. The lowest BCUT2D eigenvalue weighted by atomic mass is 9.88. The molecule has 2 aromatic rings. The van der Waals surface area contributed by atoms with E-state index in [1.54, 1.807) is 25.4 Å². The van der Waals surface area contributed by atoms with Crippen molar-refractivity contribution in [2.24, 2.45) is 0 Å². The summed E-state index contributed by atoms with van der Waals surface area (Å²) in [5.74, 6) is -0.330. The average molecular weight is 383 g/mol. The number of carbonyl (C=O) groups is 1. The number of nitrogens with one attached hydrogen (secondary N) is 2. The van der Waals surface area contributed by atoms with Gasteiger partial charge in [0.25, 0.3) is 0 Å². The number of benzene rings is 1. The highest BCUT2D eigenvalue weighted by molar-refractivity contribution is 5.92. The van der Waals surface area contributed by atoms with Gasteiger partial charge in [-0.05, 0) is 44.4 Å². The molecule has 6 heteroatoms. The Hall–Kier alpha value is -2.89. The molecule has 0 bridgehead atoms. The summed E-state index contributed by atoms with van der Waals surface area (Å²) in [5, 5.41) is 7.08. The van der Waals surface area contributed by atoms with E-state index in [4.69, 9.17) is 4.74 Å². The second-order valence-corrected chi connectivity index (χ2v) is 6.69. The number of rotatable bonds is 11. The second-order valence-electron chi connectivity index (χ2n) is 6.69. The van der Waals surface area contributed by atoms with Crippen molar-refractivity contribution in [1.82, 2.24) is 9.97 Å². The highest BCUT2D eigenvalue weighted by atomic mass is 16.5. The number of hydrogen-bond donors (Lipinski definition) is 2. The van der Waals surface area contributed by atoms with E-state index in [0.717, 1.165) is 36.2 Å². The zero-order valence-corrected chi connectivity index (χ0v) is 17.0. The SMILES string of the molecule is C=CCC(CC)(CC)Nc1ccc(C(=O)OCC)cc1NCc1cncnc1. The molecule has 0 saturated carbocycles. The Bertz CT molecular complexity index is 773. The largest absolute Gasteiger partial charge is 0.462 e. The Kier molecular flexibility index (Phi) is 7.99. The number of nitrogens with zero attached hydrogens (tertiary/aromatic N) is 2. The van der Waals surface area contributed by atoms with Crippen LogP contribution in [0.5, 0.6) is 0 Å². The van der Waals surface area contributed by atoms with Crippen molar-refractivity contribution in [3.05, 3.63) is 60.7 Å². The molecule has 2 rings (SSSR count). The zero-order chi connectivity index (χ0) is 20.4. The number of anilines is 2. The van der Waals surface area contributed by atoms with E-state index in [-0.39, 0.29) is 11.5 Å². The molecule has 0 amide bonds. The summed E-state index contributed by atoms with van der Waals surface area (Å²) in [5.41, 5.74) is 3.17. The van der Waals surface area contributed by atoms with Gasteiger partial charge >= 0.3 is 5.97 Å². The molecule has 0 aliphatic carbocycles. The molecule has 0 atom stereocenters. The quantitative estimate of drug-likeness (QED) is 0.429. The Morgan fingerprint density at radius 3 is 2.50 bits per heavy atom. The van der Waals surface area contributed by atoms with Crippen LogP contribution < -0.4 is 10.6 Å². The van der Waals surface area contributed by atoms with Crippen LogP contribution in [-0.4, -0.2) is 28.1 Å². The molecular formula is C22H30N4O2. The molecule has 1 aromatic heterocycles. The van der Waals surface area contributed by atoms with E-state index in [2.05, 4.69) is 41.0 Å². The number of esters is 1.